The quantitative estimate of drug-likeness (QED) is 0.684. The second-order valence-electron chi connectivity index (χ2n) is 6.08. The molecule has 3 rings (SSSR count). The summed E-state index contributed by atoms with van der Waals surface area (Å²) in [6.07, 6.45) is 0. The summed E-state index contributed by atoms with van der Waals surface area (Å²) in [5.41, 5.74) is 2.24. The maximum Gasteiger partial charge on any atom is 0.241 e. The molecule has 2 N–H and O–H groups in total. The van der Waals surface area contributed by atoms with E-state index in [1.165, 1.54) is 19.1 Å². The lowest BCUT2D eigenvalue weighted by Crippen LogP contribution is -2.29. The van der Waals surface area contributed by atoms with Gasteiger partial charge in [0, 0.05) is 12.6 Å². The molecular formula is C21H20N2O3S. The summed E-state index contributed by atoms with van der Waals surface area (Å²) < 4.78 is 28.6. The van der Waals surface area contributed by atoms with Crippen molar-refractivity contribution in [2.24, 2.45) is 0 Å². The zero-order chi connectivity index (χ0) is 19.3. The largest absolute Gasteiger partial charge is 0.326 e. The van der Waals surface area contributed by atoms with Crippen LogP contribution in [0.1, 0.15) is 24.1 Å². The molecular weight excluding hydrogens is 360 g/mol. The number of amides is 1. The molecule has 0 atom stereocenters. The van der Waals surface area contributed by atoms with Crippen molar-refractivity contribution in [1.29, 1.82) is 0 Å². The lowest BCUT2D eigenvalue weighted by Gasteiger charge is -2.20. The van der Waals surface area contributed by atoms with Crippen molar-refractivity contribution < 1.29 is 13.2 Å². The van der Waals surface area contributed by atoms with Gasteiger partial charge >= 0.3 is 0 Å². The van der Waals surface area contributed by atoms with Gasteiger partial charge in [0.25, 0.3) is 0 Å². The zero-order valence-electron chi connectivity index (χ0n) is 14.8. The smallest absolute Gasteiger partial charge is 0.241 e. The summed E-state index contributed by atoms with van der Waals surface area (Å²) in [5, 5.41) is 2.62. The minimum Gasteiger partial charge on any atom is -0.326 e. The minimum atomic E-state index is -3.76. The zero-order valence-corrected chi connectivity index (χ0v) is 15.6. The van der Waals surface area contributed by atoms with Crippen molar-refractivity contribution in [2.45, 2.75) is 17.9 Å². The average molecular weight is 380 g/mol. The molecule has 0 saturated carbocycles. The SMILES string of the molecule is CC(=O)Nc1ccc(S(=O)(=O)NC(c2ccccc2)c2ccccc2)cc1. The van der Waals surface area contributed by atoms with Gasteiger partial charge in [-0.05, 0) is 35.4 Å². The predicted molar refractivity (Wildman–Crippen MR) is 106 cm³/mol. The summed E-state index contributed by atoms with van der Waals surface area (Å²) in [6.45, 7) is 1.40. The number of nitrogens with one attached hydrogen (secondary N) is 2. The molecule has 0 bridgehead atoms. The molecule has 0 spiro atoms. The topological polar surface area (TPSA) is 75.3 Å². The number of anilines is 1. The molecule has 0 aliphatic carbocycles. The first-order valence-corrected chi connectivity index (χ1v) is 9.94. The van der Waals surface area contributed by atoms with Gasteiger partial charge < -0.3 is 5.32 Å². The molecule has 0 saturated heterocycles. The fraction of sp³-hybridized carbons (Fsp3) is 0.0952. The van der Waals surface area contributed by atoms with E-state index in [1.807, 2.05) is 60.7 Å². The van der Waals surface area contributed by atoms with Gasteiger partial charge in [-0.25, -0.2) is 8.42 Å². The Bertz CT molecular complexity index is 963. The molecule has 0 unspecified atom stereocenters. The van der Waals surface area contributed by atoms with E-state index in [2.05, 4.69) is 10.0 Å². The molecule has 0 aliphatic rings. The van der Waals surface area contributed by atoms with Crippen LogP contribution < -0.4 is 10.0 Å². The Labute approximate surface area is 159 Å². The highest BCUT2D eigenvalue weighted by molar-refractivity contribution is 7.89. The Balaban J connectivity index is 1.92. The minimum absolute atomic E-state index is 0.133. The summed E-state index contributed by atoms with van der Waals surface area (Å²) in [4.78, 5) is 11.2. The second-order valence-corrected chi connectivity index (χ2v) is 7.80. The van der Waals surface area contributed by atoms with Crippen molar-refractivity contribution in [2.75, 3.05) is 5.32 Å². The first-order valence-electron chi connectivity index (χ1n) is 8.45. The van der Waals surface area contributed by atoms with Crippen LogP contribution >= 0.6 is 0 Å². The van der Waals surface area contributed by atoms with Gasteiger partial charge in [0.05, 0.1) is 10.9 Å². The molecule has 6 heteroatoms. The lowest BCUT2D eigenvalue weighted by molar-refractivity contribution is -0.114. The second kappa shape index (κ2) is 8.16. The predicted octanol–water partition coefficient (Wildman–Crippen LogP) is 3.71. The Morgan fingerprint density at radius 1 is 0.778 bits per heavy atom. The van der Waals surface area contributed by atoms with E-state index in [1.54, 1.807) is 12.1 Å². The number of carbonyl (C=O) groups is 1. The van der Waals surface area contributed by atoms with E-state index >= 15 is 0 Å². The lowest BCUT2D eigenvalue weighted by atomic mass is 10.00. The van der Waals surface area contributed by atoms with Gasteiger partial charge in [0.2, 0.25) is 15.9 Å². The van der Waals surface area contributed by atoms with Crippen LogP contribution in [0.3, 0.4) is 0 Å². The molecule has 27 heavy (non-hydrogen) atoms. The summed E-state index contributed by atoms with van der Waals surface area (Å²) >= 11 is 0. The van der Waals surface area contributed by atoms with Gasteiger partial charge in [-0.15, -0.1) is 0 Å². The van der Waals surface area contributed by atoms with Crippen molar-refractivity contribution in [3.8, 4) is 0 Å². The molecule has 0 radical (unpaired) electrons. The third-order valence-corrected chi connectivity index (χ3v) is 5.46. The van der Waals surface area contributed by atoms with E-state index in [0.29, 0.717) is 5.69 Å². The Hall–Kier alpha value is -2.96. The summed E-state index contributed by atoms with van der Waals surface area (Å²) in [7, 11) is -3.76. The third-order valence-electron chi connectivity index (χ3n) is 4.02. The summed E-state index contributed by atoms with van der Waals surface area (Å²) in [6, 6.07) is 24.4. The van der Waals surface area contributed by atoms with E-state index < -0.39 is 16.1 Å². The van der Waals surface area contributed by atoms with Crippen LogP contribution in [0.15, 0.2) is 89.8 Å². The highest BCUT2D eigenvalue weighted by atomic mass is 32.2. The molecule has 138 valence electrons. The first kappa shape index (κ1) is 18.8. The van der Waals surface area contributed by atoms with Gasteiger partial charge in [-0.3, -0.25) is 4.79 Å². The number of hydrogen-bond acceptors (Lipinski definition) is 3. The molecule has 5 nitrogen and oxygen atoms in total. The molecule has 3 aromatic rings. The fourth-order valence-electron chi connectivity index (χ4n) is 2.76. The number of rotatable bonds is 6. The van der Waals surface area contributed by atoms with Crippen molar-refractivity contribution >= 4 is 21.6 Å². The maximum absolute atomic E-state index is 12.9. The van der Waals surface area contributed by atoms with Crippen LogP contribution in [0.4, 0.5) is 5.69 Å². The van der Waals surface area contributed by atoms with E-state index in [4.69, 9.17) is 0 Å². The van der Waals surface area contributed by atoms with Crippen LogP contribution in [0.5, 0.6) is 0 Å². The highest BCUT2D eigenvalue weighted by Crippen LogP contribution is 2.25. The first-order chi connectivity index (χ1) is 13.0. The van der Waals surface area contributed by atoms with Crippen molar-refractivity contribution in [3.63, 3.8) is 0 Å². The Morgan fingerprint density at radius 2 is 1.26 bits per heavy atom. The van der Waals surface area contributed by atoms with Crippen molar-refractivity contribution in [3.05, 3.63) is 96.1 Å². The molecule has 0 aromatic heterocycles. The molecule has 0 heterocycles. The monoisotopic (exact) mass is 380 g/mol. The summed E-state index contributed by atoms with van der Waals surface area (Å²) in [5.74, 6) is -0.211. The number of carbonyl (C=O) groups excluding carboxylic acids is 1. The third kappa shape index (κ3) is 4.81. The van der Waals surface area contributed by atoms with Crippen molar-refractivity contribution in [1.82, 2.24) is 4.72 Å². The van der Waals surface area contributed by atoms with Crippen LogP contribution in [-0.4, -0.2) is 14.3 Å². The van der Waals surface area contributed by atoms with Gasteiger partial charge in [-0.1, -0.05) is 60.7 Å². The maximum atomic E-state index is 12.9. The van der Waals surface area contributed by atoms with E-state index in [0.717, 1.165) is 11.1 Å². The van der Waals surface area contributed by atoms with Gasteiger partial charge in [-0.2, -0.15) is 4.72 Å². The molecule has 0 aliphatic heterocycles. The Kier molecular flexibility index (Phi) is 5.69. The fourth-order valence-corrected chi connectivity index (χ4v) is 3.98. The van der Waals surface area contributed by atoms with Crippen LogP contribution in [0.2, 0.25) is 0 Å². The van der Waals surface area contributed by atoms with Crippen LogP contribution in [0.25, 0.3) is 0 Å². The van der Waals surface area contributed by atoms with Crippen LogP contribution in [-0.2, 0) is 14.8 Å². The standard InChI is InChI=1S/C21H20N2O3S/c1-16(24)22-19-12-14-20(15-13-19)27(25,26)23-21(17-8-4-2-5-9-17)18-10-6-3-7-11-18/h2-15,21,23H,1H3,(H,22,24). The van der Waals surface area contributed by atoms with Crippen LogP contribution in [0, 0.1) is 0 Å². The number of hydrogen-bond donors (Lipinski definition) is 2. The molecule has 1 amide bonds. The van der Waals surface area contributed by atoms with Gasteiger partial charge in [0.1, 0.15) is 0 Å². The average Bonchev–Trinajstić information content (AvgIpc) is 2.67. The van der Waals surface area contributed by atoms with Gasteiger partial charge in [0.15, 0.2) is 0 Å². The molecule has 3 aromatic carbocycles. The number of sulfonamides is 1. The molecule has 0 fully saturated rings. The van der Waals surface area contributed by atoms with E-state index in [-0.39, 0.29) is 10.8 Å². The Morgan fingerprint density at radius 3 is 1.70 bits per heavy atom. The normalized spacial score (nSPS) is 11.3. The highest BCUT2D eigenvalue weighted by Gasteiger charge is 2.22. The van der Waals surface area contributed by atoms with E-state index in [9.17, 15) is 13.2 Å². The number of benzene rings is 3.